The van der Waals surface area contributed by atoms with Crippen molar-refractivity contribution in [3.8, 4) is 5.75 Å². The normalized spacial score (nSPS) is 18.6. The maximum atomic E-state index is 13.2. The van der Waals surface area contributed by atoms with E-state index in [9.17, 15) is 23.7 Å². The van der Waals surface area contributed by atoms with Gasteiger partial charge in [-0.1, -0.05) is 23.7 Å². The Morgan fingerprint density at radius 1 is 0.937 bits per heavy atom. The van der Waals surface area contributed by atoms with Gasteiger partial charge in [-0.15, -0.1) is 0 Å². The number of carbonyl (C=O) groups is 4. The van der Waals surface area contributed by atoms with Gasteiger partial charge in [0.1, 0.15) is 24.0 Å². The molecule has 1 unspecified atom stereocenters. The molecule has 4 aromatic rings. The number of nitrogens with zero attached hydrogens (tertiary/aromatic N) is 6. The van der Waals surface area contributed by atoms with Gasteiger partial charge in [-0.25, -0.2) is 4.98 Å². The Morgan fingerprint density at radius 3 is 2.46 bits per heavy atom. The summed E-state index contributed by atoms with van der Waals surface area (Å²) in [5.74, 6) is 0.633. The summed E-state index contributed by atoms with van der Waals surface area (Å²) in [5.41, 5.74) is 4.75. The number of imide groups is 1. The molecule has 4 aliphatic rings. The summed E-state index contributed by atoms with van der Waals surface area (Å²) in [7, 11) is -0.917. The van der Waals surface area contributed by atoms with Crippen molar-refractivity contribution in [2.45, 2.75) is 57.2 Å². The van der Waals surface area contributed by atoms with Gasteiger partial charge in [0, 0.05) is 99.6 Å². The van der Waals surface area contributed by atoms with Crippen LogP contribution in [0.25, 0.3) is 0 Å². The number of hydrogen-bond donors (Lipinski definition) is 4. The predicted octanol–water partition coefficient (Wildman–Crippen LogP) is 5.64. The number of benzene rings is 3. The van der Waals surface area contributed by atoms with Gasteiger partial charge in [0.2, 0.25) is 23.7 Å². The molecular formula is C45H54ClN10O6P. The summed E-state index contributed by atoms with van der Waals surface area (Å²) in [5, 5.41) is 13.3. The highest BCUT2D eigenvalue weighted by Gasteiger charge is 2.39. The topological polar surface area (TPSA) is 181 Å². The molecule has 3 aromatic carbocycles. The number of anilines is 6. The Labute approximate surface area is 372 Å². The first-order valence-electron chi connectivity index (χ1n) is 21.5. The van der Waals surface area contributed by atoms with Crippen LogP contribution < -0.4 is 36.2 Å². The second-order valence-electron chi connectivity index (χ2n) is 16.8. The molecule has 5 heterocycles. The predicted molar refractivity (Wildman–Crippen MR) is 246 cm³/mol. The molecule has 0 saturated carbocycles. The highest BCUT2D eigenvalue weighted by Crippen LogP contribution is 2.39. The first-order chi connectivity index (χ1) is 30.3. The standard InChI is InChI=1S/C45H54ClN10O6P/c1-62-38-26-32(11-13-35(38)50-45-48-27-34(46)42(52-45)49-36-7-4-5-8-39(36)63(2,3)61)53-19-16-31(17-20-53)54-21-23-55(24-22-54)41(58)9-6-18-47-30-10-12-33-29(25-30)28-56(44(33)60)37-14-15-40(57)51-43(37)59/h4-5,7-8,10-13,25-27,31,37,47H,6,9,14-24,28H2,1-3H3,(H,51,57,59)(H2,48,49,50,52). The van der Waals surface area contributed by atoms with E-state index in [1.807, 2.05) is 53.4 Å². The van der Waals surface area contributed by atoms with E-state index >= 15 is 0 Å². The maximum absolute atomic E-state index is 13.2. The van der Waals surface area contributed by atoms with Crippen LogP contribution in [-0.2, 0) is 25.5 Å². The van der Waals surface area contributed by atoms with E-state index in [1.165, 1.54) is 6.20 Å². The maximum Gasteiger partial charge on any atom is 0.255 e. The number of amides is 4. The molecule has 4 aliphatic heterocycles. The quantitative estimate of drug-likeness (QED) is 0.0695. The third-order valence-electron chi connectivity index (χ3n) is 12.3. The van der Waals surface area contributed by atoms with Crippen molar-refractivity contribution >= 4 is 82.2 Å². The highest BCUT2D eigenvalue weighted by molar-refractivity contribution is 7.70. The zero-order chi connectivity index (χ0) is 44.3. The molecule has 3 fully saturated rings. The number of nitrogens with one attached hydrogen (secondary N) is 4. The van der Waals surface area contributed by atoms with E-state index in [4.69, 9.17) is 16.3 Å². The van der Waals surface area contributed by atoms with Gasteiger partial charge in [-0.3, -0.25) is 29.4 Å². The summed E-state index contributed by atoms with van der Waals surface area (Å²) in [6.45, 7) is 9.39. The second kappa shape index (κ2) is 19.0. The Hall–Kier alpha value is -5.70. The Balaban J connectivity index is 0.765. The second-order valence-corrected chi connectivity index (χ2v) is 20.4. The monoisotopic (exact) mass is 896 g/mol. The van der Waals surface area contributed by atoms with Gasteiger partial charge in [0.15, 0.2) is 5.82 Å². The van der Waals surface area contributed by atoms with Crippen LogP contribution in [0.3, 0.4) is 0 Å². The lowest BCUT2D eigenvalue weighted by Crippen LogP contribution is -2.54. The molecule has 4 N–H and O–H groups in total. The van der Waals surface area contributed by atoms with Crippen LogP contribution in [0.1, 0.15) is 54.4 Å². The van der Waals surface area contributed by atoms with Gasteiger partial charge in [-0.05, 0) is 87.0 Å². The SMILES string of the molecule is COc1cc(N2CCC(N3CCN(C(=O)CCCNc4ccc5c(c4)CN(C4CCC(=O)NC4=O)C5=O)CC3)CC2)ccc1Nc1ncc(Cl)c(Nc2ccccc2P(C)(C)=O)n1. The summed E-state index contributed by atoms with van der Waals surface area (Å²) in [6, 6.07) is 18.9. The molecule has 0 spiro atoms. The number of piperidine rings is 2. The number of carbonyl (C=O) groups excluding carboxylic acids is 4. The van der Waals surface area contributed by atoms with Gasteiger partial charge >= 0.3 is 0 Å². The lowest BCUT2D eigenvalue weighted by molar-refractivity contribution is -0.137. The molecule has 63 heavy (non-hydrogen) atoms. The van der Waals surface area contributed by atoms with Gasteiger partial charge in [-0.2, -0.15) is 4.98 Å². The Morgan fingerprint density at radius 2 is 1.71 bits per heavy atom. The van der Waals surface area contributed by atoms with Crippen LogP contribution in [0.2, 0.25) is 5.02 Å². The van der Waals surface area contributed by atoms with Crippen molar-refractivity contribution in [2.75, 3.05) is 87.1 Å². The van der Waals surface area contributed by atoms with Crippen molar-refractivity contribution < 1.29 is 28.5 Å². The average Bonchev–Trinajstić information content (AvgIpc) is 3.60. The summed E-state index contributed by atoms with van der Waals surface area (Å²) in [4.78, 5) is 67.6. The van der Waals surface area contributed by atoms with Gasteiger partial charge in [0.25, 0.3) is 5.91 Å². The van der Waals surface area contributed by atoms with E-state index in [2.05, 4.69) is 47.1 Å². The zero-order valence-electron chi connectivity index (χ0n) is 35.9. The molecule has 0 aliphatic carbocycles. The molecule has 1 aromatic heterocycles. The lowest BCUT2D eigenvalue weighted by atomic mass is 10.0. The molecule has 3 saturated heterocycles. The fourth-order valence-electron chi connectivity index (χ4n) is 8.93. The number of piperazine rings is 1. The number of fused-ring (bicyclic) bond motifs is 1. The van der Waals surface area contributed by atoms with Crippen molar-refractivity contribution in [3.05, 3.63) is 83.0 Å². The fourth-order valence-corrected chi connectivity index (χ4v) is 10.2. The molecule has 332 valence electrons. The van der Waals surface area contributed by atoms with E-state index in [1.54, 1.807) is 31.4 Å². The molecule has 16 nitrogen and oxygen atoms in total. The van der Waals surface area contributed by atoms with E-state index in [-0.39, 0.29) is 24.1 Å². The van der Waals surface area contributed by atoms with Crippen LogP contribution in [0.5, 0.6) is 5.75 Å². The van der Waals surface area contributed by atoms with Crippen molar-refractivity contribution in [3.63, 3.8) is 0 Å². The third kappa shape index (κ3) is 10.1. The van der Waals surface area contributed by atoms with E-state index in [0.717, 1.165) is 69.0 Å². The largest absolute Gasteiger partial charge is 0.494 e. The van der Waals surface area contributed by atoms with Gasteiger partial charge in [0.05, 0.1) is 24.7 Å². The molecule has 4 amide bonds. The first kappa shape index (κ1) is 43.9. The molecule has 1 atom stereocenters. The Kier molecular flexibility index (Phi) is 13.2. The van der Waals surface area contributed by atoms with Crippen molar-refractivity contribution in [2.24, 2.45) is 0 Å². The number of hydrogen-bond acceptors (Lipinski definition) is 13. The molecule has 0 bridgehead atoms. The third-order valence-corrected chi connectivity index (χ3v) is 14.2. The lowest BCUT2D eigenvalue weighted by Gasteiger charge is -2.43. The van der Waals surface area contributed by atoms with Crippen LogP contribution in [0.15, 0.2) is 66.9 Å². The van der Waals surface area contributed by atoms with Crippen LogP contribution in [-0.4, -0.2) is 127 Å². The van der Waals surface area contributed by atoms with Crippen molar-refractivity contribution in [1.29, 1.82) is 0 Å². The van der Waals surface area contributed by atoms with Gasteiger partial charge < -0.3 is 40.0 Å². The number of ether oxygens (including phenoxy) is 1. The summed E-state index contributed by atoms with van der Waals surface area (Å²) < 4.78 is 18.7. The molecule has 0 radical (unpaired) electrons. The molecular weight excluding hydrogens is 843 g/mol. The Bertz CT molecular complexity index is 2430. The minimum absolute atomic E-state index is 0.170. The number of rotatable bonds is 14. The van der Waals surface area contributed by atoms with Crippen LogP contribution in [0, 0.1) is 0 Å². The summed E-state index contributed by atoms with van der Waals surface area (Å²) in [6.07, 6.45) is 5.27. The van der Waals surface area contributed by atoms with Crippen molar-refractivity contribution in [1.82, 2.24) is 30.0 Å². The minimum Gasteiger partial charge on any atom is -0.494 e. The molecule has 8 rings (SSSR count). The van der Waals surface area contributed by atoms with Crippen LogP contribution in [0.4, 0.5) is 34.5 Å². The number of aromatic nitrogens is 2. The average molecular weight is 897 g/mol. The summed E-state index contributed by atoms with van der Waals surface area (Å²) >= 11 is 6.48. The molecule has 18 heteroatoms. The number of methoxy groups -OCH3 is 1. The number of halogens is 1. The first-order valence-corrected chi connectivity index (χ1v) is 24.5. The van der Waals surface area contributed by atoms with Crippen LogP contribution >= 0.6 is 18.7 Å². The van der Waals surface area contributed by atoms with E-state index in [0.29, 0.717) is 83.2 Å². The zero-order valence-corrected chi connectivity index (χ0v) is 37.5. The fraction of sp³-hybridized carbons (Fsp3) is 0.422. The highest BCUT2D eigenvalue weighted by atomic mass is 35.5. The minimum atomic E-state index is -2.56. The smallest absolute Gasteiger partial charge is 0.255 e. The number of para-hydroxylation sites is 1. The van der Waals surface area contributed by atoms with E-state index < -0.39 is 19.1 Å².